The van der Waals surface area contributed by atoms with Crippen molar-refractivity contribution in [1.29, 1.82) is 0 Å². The number of hydrogen-bond donors (Lipinski definition) is 1. The lowest BCUT2D eigenvalue weighted by atomic mass is 10.1. The van der Waals surface area contributed by atoms with Gasteiger partial charge >= 0.3 is 5.97 Å². The van der Waals surface area contributed by atoms with Gasteiger partial charge in [-0.25, -0.2) is 4.79 Å². The van der Waals surface area contributed by atoms with Gasteiger partial charge in [0.1, 0.15) is 5.69 Å². The molecule has 0 aliphatic carbocycles. The van der Waals surface area contributed by atoms with Crippen molar-refractivity contribution in [1.82, 2.24) is 9.97 Å². The molecule has 0 saturated carbocycles. The summed E-state index contributed by atoms with van der Waals surface area (Å²) in [7, 11) is 1.26. The number of nitrogens with one attached hydrogen (secondary N) is 1. The second-order valence-corrected chi connectivity index (χ2v) is 4.47. The molecule has 1 aromatic carbocycles. The number of esters is 1. The van der Waals surface area contributed by atoms with Crippen LogP contribution >= 0.6 is 0 Å². The van der Waals surface area contributed by atoms with Crippen LogP contribution in [-0.2, 0) is 9.53 Å². The molecule has 0 atom stereocenters. The van der Waals surface area contributed by atoms with E-state index in [4.69, 9.17) is 0 Å². The number of ether oxygens (including phenoxy) is 1. The number of carbonyl (C=O) groups is 2. The van der Waals surface area contributed by atoms with E-state index in [1.54, 1.807) is 6.20 Å². The molecule has 0 aliphatic heterocycles. The van der Waals surface area contributed by atoms with Gasteiger partial charge in [-0.2, -0.15) is 0 Å². The Labute approximate surface area is 120 Å². The van der Waals surface area contributed by atoms with Crippen molar-refractivity contribution in [2.45, 2.75) is 0 Å². The summed E-state index contributed by atoms with van der Waals surface area (Å²) in [6.07, 6.45) is 3.84. The maximum Gasteiger partial charge on any atom is 0.330 e. The molecule has 0 radical (unpaired) electrons. The molecule has 5 nitrogen and oxygen atoms in total. The van der Waals surface area contributed by atoms with E-state index in [9.17, 15) is 9.59 Å². The summed E-state index contributed by atoms with van der Waals surface area (Å²) in [6, 6.07) is 9.63. The Balaban J connectivity index is 2.13. The van der Waals surface area contributed by atoms with Gasteiger partial charge in [0, 0.05) is 28.6 Å². The van der Waals surface area contributed by atoms with Gasteiger partial charge in [-0.1, -0.05) is 18.2 Å². The third kappa shape index (κ3) is 2.29. The second-order valence-electron chi connectivity index (χ2n) is 4.47. The van der Waals surface area contributed by atoms with Crippen molar-refractivity contribution in [3.63, 3.8) is 0 Å². The van der Waals surface area contributed by atoms with E-state index in [-0.39, 0.29) is 11.5 Å². The van der Waals surface area contributed by atoms with Crippen LogP contribution in [0.3, 0.4) is 0 Å². The second kappa shape index (κ2) is 5.20. The summed E-state index contributed by atoms with van der Waals surface area (Å²) >= 11 is 0. The predicted octanol–water partition coefficient (Wildman–Crippen LogP) is 2.63. The summed E-state index contributed by atoms with van der Waals surface area (Å²) in [6.45, 7) is 0. The first-order valence-corrected chi connectivity index (χ1v) is 6.36. The van der Waals surface area contributed by atoms with Crippen LogP contribution in [0.4, 0.5) is 0 Å². The fourth-order valence-electron chi connectivity index (χ4n) is 2.25. The fraction of sp³-hybridized carbons (Fsp3) is 0.0625. The normalized spacial score (nSPS) is 11.3. The number of para-hydroxylation sites is 1. The zero-order chi connectivity index (χ0) is 14.8. The lowest BCUT2D eigenvalue weighted by molar-refractivity contribution is -0.134. The monoisotopic (exact) mass is 280 g/mol. The van der Waals surface area contributed by atoms with Crippen LogP contribution in [0, 0.1) is 0 Å². The van der Waals surface area contributed by atoms with Crippen molar-refractivity contribution in [2.75, 3.05) is 7.11 Å². The molecule has 3 aromatic rings. The number of aromatic amines is 1. The van der Waals surface area contributed by atoms with Crippen LogP contribution in [0.15, 0.2) is 48.7 Å². The van der Waals surface area contributed by atoms with E-state index in [1.165, 1.54) is 13.2 Å². The van der Waals surface area contributed by atoms with Crippen LogP contribution in [0.5, 0.6) is 0 Å². The maximum atomic E-state index is 12.2. The fourth-order valence-corrected chi connectivity index (χ4v) is 2.25. The van der Waals surface area contributed by atoms with Gasteiger partial charge in [-0.05, 0) is 18.2 Å². The minimum Gasteiger partial charge on any atom is -0.466 e. The molecule has 1 N–H and O–H groups in total. The van der Waals surface area contributed by atoms with Gasteiger partial charge in [0.25, 0.3) is 0 Å². The Hall–Kier alpha value is -2.95. The number of hydrogen-bond acceptors (Lipinski definition) is 4. The lowest BCUT2D eigenvalue weighted by Gasteiger charge is -1.97. The first kappa shape index (κ1) is 13.1. The van der Waals surface area contributed by atoms with E-state index < -0.39 is 5.97 Å². The molecule has 5 heteroatoms. The molecule has 0 fully saturated rings. The zero-order valence-corrected chi connectivity index (χ0v) is 11.3. The highest BCUT2D eigenvalue weighted by molar-refractivity contribution is 6.17. The number of aromatic nitrogens is 2. The first-order valence-electron chi connectivity index (χ1n) is 6.36. The highest BCUT2D eigenvalue weighted by Crippen LogP contribution is 2.26. The number of ketones is 1. The molecule has 0 amide bonds. The minimum absolute atomic E-state index is 0.281. The molecule has 2 aromatic heterocycles. The molecule has 21 heavy (non-hydrogen) atoms. The Kier molecular flexibility index (Phi) is 3.23. The number of allylic oxidation sites excluding steroid dienone is 1. The van der Waals surface area contributed by atoms with Gasteiger partial charge in [0.15, 0.2) is 0 Å². The summed E-state index contributed by atoms with van der Waals surface area (Å²) < 4.78 is 4.47. The average molecular weight is 280 g/mol. The molecule has 0 unspecified atom stereocenters. The van der Waals surface area contributed by atoms with Gasteiger partial charge in [0.05, 0.1) is 12.6 Å². The van der Waals surface area contributed by atoms with Crippen molar-refractivity contribution in [3.8, 4) is 0 Å². The highest BCUT2D eigenvalue weighted by atomic mass is 16.5. The van der Waals surface area contributed by atoms with Gasteiger partial charge < -0.3 is 9.72 Å². The topological polar surface area (TPSA) is 72.1 Å². The largest absolute Gasteiger partial charge is 0.466 e. The first-order chi connectivity index (χ1) is 10.2. The molecule has 0 saturated heterocycles. The number of carbonyl (C=O) groups excluding carboxylic acids is 2. The Bertz CT molecular complexity index is 877. The molecule has 0 spiro atoms. The van der Waals surface area contributed by atoms with Crippen LogP contribution in [-0.4, -0.2) is 28.8 Å². The third-order valence-electron chi connectivity index (χ3n) is 3.23. The van der Waals surface area contributed by atoms with E-state index in [1.807, 2.05) is 30.3 Å². The smallest absolute Gasteiger partial charge is 0.330 e. The number of methoxy groups -OCH3 is 1. The summed E-state index contributed by atoms with van der Waals surface area (Å²) in [5, 5.41) is 1.95. The average Bonchev–Trinajstić information content (AvgIpc) is 2.90. The molecule has 0 aliphatic rings. The number of benzene rings is 1. The van der Waals surface area contributed by atoms with E-state index in [0.717, 1.165) is 22.4 Å². The molecular formula is C16H12N2O3. The maximum absolute atomic E-state index is 12.2. The van der Waals surface area contributed by atoms with Crippen LogP contribution < -0.4 is 0 Å². The quantitative estimate of drug-likeness (QED) is 0.455. The molecule has 104 valence electrons. The van der Waals surface area contributed by atoms with Crippen molar-refractivity contribution < 1.29 is 14.3 Å². The van der Waals surface area contributed by atoms with Crippen LogP contribution in [0.2, 0.25) is 0 Å². The molecule has 0 bridgehead atoms. The number of fused-ring (bicyclic) bond motifs is 3. The van der Waals surface area contributed by atoms with Gasteiger partial charge in [-0.3, -0.25) is 9.78 Å². The van der Waals surface area contributed by atoms with Crippen molar-refractivity contribution in [2.24, 2.45) is 0 Å². The Morgan fingerprint density at radius 3 is 2.76 bits per heavy atom. The van der Waals surface area contributed by atoms with Crippen LogP contribution in [0.1, 0.15) is 10.5 Å². The predicted molar refractivity (Wildman–Crippen MR) is 79.1 cm³/mol. The van der Waals surface area contributed by atoms with E-state index >= 15 is 0 Å². The SMILES string of the molecule is COC(=O)/C=C\C(=O)c1nccc2c1[nH]c1ccccc12. The van der Waals surface area contributed by atoms with Crippen LogP contribution in [0.25, 0.3) is 21.8 Å². The van der Waals surface area contributed by atoms with E-state index in [2.05, 4.69) is 14.7 Å². The van der Waals surface area contributed by atoms with Crippen molar-refractivity contribution in [3.05, 3.63) is 54.4 Å². The summed E-state index contributed by atoms with van der Waals surface area (Å²) in [4.78, 5) is 30.6. The van der Waals surface area contributed by atoms with Gasteiger partial charge in [0.2, 0.25) is 5.78 Å². The standard InChI is InChI=1S/C16H12N2O3/c1-21-14(20)7-6-13(19)16-15-11(8-9-17-16)10-4-2-3-5-12(10)18-15/h2-9,18H,1H3/b7-6-. The lowest BCUT2D eigenvalue weighted by Crippen LogP contribution is -2.02. The number of pyridine rings is 1. The molecular weight excluding hydrogens is 268 g/mol. The summed E-state index contributed by atoms with van der Waals surface area (Å²) in [5.74, 6) is -0.926. The minimum atomic E-state index is -0.577. The number of H-pyrrole nitrogens is 1. The summed E-state index contributed by atoms with van der Waals surface area (Å²) in [5.41, 5.74) is 1.88. The number of nitrogens with zero attached hydrogens (tertiary/aromatic N) is 1. The highest BCUT2D eigenvalue weighted by Gasteiger charge is 2.13. The third-order valence-corrected chi connectivity index (χ3v) is 3.23. The Morgan fingerprint density at radius 2 is 1.95 bits per heavy atom. The van der Waals surface area contributed by atoms with Crippen molar-refractivity contribution >= 4 is 33.6 Å². The number of rotatable bonds is 3. The van der Waals surface area contributed by atoms with Gasteiger partial charge in [-0.15, -0.1) is 0 Å². The zero-order valence-electron chi connectivity index (χ0n) is 11.3. The Morgan fingerprint density at radius 1 is 1.14 bits per heavy atom. The van der Waals surface area contributed by atoms with E-state index in [0.29, 0.717) is 5.52 Å². The molecule has 2 heterocycles. The molecule has 3 rings (SSSR count).